The Labute approximate surface area is 205 Å². The predicted octanol–water partition coefficient (Wildman–Crippen LogP) is 6.35. The maximum Gasteiger partial charge on any atom is 0.349 e. The second kappa shape index (κ2) is 10.5. The van der Waals surface area contributed by atoms with Crippen LogP contribution >= 0.6 is 11.8 Å². The third kappa shape index (κ3) is 5.16. The number of pyridine rings is 1. The summed E-state index contributed by atoms with van der Waals surface area (Å²) in [5, 5.41) is 19.8. The number of aliphatic hydroxyl groups is 1. The Morgan fingerprint density at radius 1 is 1.06 bits per heavy atom. The van der Waals surface area contributed by atoms with Gasteiger partial charge in [-0.2, -0.15) is 0 Å². The molecule has 2 aromatic heterocycles. The maximum absolute atomic E-state index is 13.2. The van der Waals surface area contributed by atoms with E-state index in [1.165, 1.54) is 51.4 Å². The van der Waals surface area contributed by atoms with E-state index in [9.17, 15) is 9.90 Å². The van der Waals surface area contributed by atoms with Gasteiger partial charge in [0.15, 0.2) is 11.0 Å². The molecule has 2 aliphatic carbocycles. The molecule has 0 amide bonds. The predicted molar refractivity (Wildman–Crippen MR) is 131 cm³/mol. The molecule has 0 bridgehead atoms. The number of ether oxygens (including phenoxy) is 1. The molecule has 1 aliphatic heterocycles. The molecule has 2 fully saturated rings. The molecule has 8 heteroatoms. The molecule has 2 aromatic rings. The van der Waals surface area contributed by atoms with E-state index < -0.39 is 11.6 Å². The van der Waals surface area contributed by atoms with Crippen molar-refractivity contribution in [2.45, 2.75) is 94.2 Å². The highest BCUT2D eigenvalue weighted by molar-refractivity contribution is 8.03. The molecule has 0 spiro atoms. The number of aliphatic hydroxyl groups excluding tert-OH is 1. The third-order valence-electron chi connectivity index (χ3n) is 7.87. The maximum atomic E-state index is 13.2. The Balaban J connectivity index is 1.29. The number of aromatic amines is 1. The summed E-state index contributed by atoms with van der Waals surface area (Å²) < 4.78 is 6.25. The SMILES string of the molecule is O=C1OC(CCCC2CCCCC2)(C2CCCC2)CC(O)=C1Sc1nnc(-c2ccncc2)[nH]1. The molecule has 1 atom stereocenters. The van der Waals surface area contributed by atoms with E-state index in [2.05, 4.69) is 20.2 Å². The number of rotatable bonds is 8. The van der Waals surface area contributed by atoms with E-state index in [0.29, 0.717) is 23.3 Å². The summed E-state index contributed by atoms with van der Waals surface area (Å²) in [7, 11) is 0. The molecule has 2 saturated carbocycles. The molecule has 0 aromatic carbocycles. The zero-order valence-electron chi connectivity index (χ0n) is 19.7. The van der Waals surface area contributed by atoms with Crippen LogP contribution in [0.2, 0.25) is 0 Å². The zero-order chi connectivity index (χ0) is 23.4. The summed E-state index contributed by atoms with van der Waals surface area (Å²) in [6.07, 6.45) is 18.1. The van der Waals surface area contributed by atoms with Gasteiger partial charge in [-0.05, 0) is 61.4 Å². The molecular formula is C26H34N4O3S. The van der Waals surface area contributed by atoms with Crippen molar-refractivity contribution in [2.24, 2.45) is 11.8 Å². The summed E-state index contributed by atoms with van der Waals surface area (Å²) in [5.41, 5.74) is 0.289. The fourth-order valence-corrected chi connectivity index (χ4v) is 6.80. The van der Waals surface area contributed by atoms with E-state index >= 15 is 0 Å². The largest absolute Gasteiger partial charge is 0.511 e. The lowest BCUT2D eigenvalue weighted by Crippen LogP contribution is -2.45. The number of carbonyl (C=O) groups excluding carboxylic acids is 1. The number of cyclic esters (lactones) is 1. The molecule has 5 rings (SSSR count). The minimum atomic E-state index is -0.569. The average Bonchev–Trinajstić information content (AvgIpc) is 3.56. The van der Waals surface area contributed by atoms with Crippen molar-refractivity contribution < 1.29 is 14.6 Å². The van der Waals surface area contributed by atoms with Gasteiger partial charge in [-0.3, -0.25) is 4.98 Å². The first-order valence-electron chi connectivity index (χ1n) is 12.8. The number of esters is 1. The fraction of sp³-hybridized carbons (Fsp3) is 0.615. The standard InChI is InChI=1S/C26H34N4O3S/c31-21-17-26(20-10-4-5-11-20,14-6-9-18-7-2-1-3-8-18)33-24(32)22(21)34-25-28-23(29-30-25)19-12-15-27-16-13-19/h12-13,15-16,18,20,31H,1-11,14,17H2,(H,28,29,30). The number of nitrogens with zero attached hydrogens (tertiary/aromatic N) is 3. The number of nitrogens with one attached hydrogen (secondary N) is 1. The summed E-state index contributed by atoms with van der Waals surface area (Å²) in [4.78, 5) is 20.6. The molecule has 3 heterocycles. The van der Waals surface area contributed by atoms with Crippen LogP contribution in [0, 0.1) is 11.8 Å². The molecule has 2 N–H and O–H groups in total. The van der Waals surface area contributed by atoms with E-state index in [4.69, 9.17) is 4.74 Å². The van der Waals surface area contributed by atoms with Crippen molar-refractivity contribution in [3.63, 3.8) is 0 Å². The van der Waals surface area contributed by atoms with Crippen LogP contribution in [-0.2, 0) is 9.53 Å². The van der Waals surface area contributed by atoms with Gasteiger partial charge in [0, 0.05) is 24.4 Å². The molecular weight excluding hydrogens is 448 g/mol. The van der Waals surface area contributed by atoms with Crippen molar-refractivity contribution in [3.05, 3.63) is 35.2 Å². The van der Waals surface area contributed by atoms with Crippen LogP contribution in [0.3, 0.4) is 0 Å². The monoisotopic (exact) mass is 482 g/mol. The van der Waals surface area contributed by atoms with Crippen LogP contribution in [0.25, 0.3) is 11.4 Å². The molecule has 34 heavy (non-hydrogen) atoms. The van der Waals surface area contributed by atoms with E-state index in [0.717, 1.165) is 48.9 Å². The van der Waals surface area contributed by atoms with Crippen LogP contribution < -0.4 is 0 Å². The number of hydrogen-bond acceptors (Lipinski definition) is 7. The molecule has 3 aliphatic rings. The first-order chi connectivity index (χ1) is 16.6. The zero-order valence-corrected chi connectivity index (χ0v) is 20.5. The van der Waals surface area contributed by atoms with Crippen molar-refractivity contribution in [1.29, 1.82) is 0 Å². The number of hydrogen-bond donors (Lipinski definition) is 2. The van der Waals surface area contributed by atoms with Crippen molar-refractivity contribution >= 4 is 17.7 Å². The summed E-state index contributed by atoms with van der Waals surface area (Å²) in [6.45, 7) is 0. The lowest BCUT2D eigenvalue weighted by molar-refractivity contribution is -0.166. The first kappa shape index (κ1) is 23.4. The Morgan fingerprint density at radius 2 is 1.79 bits per heavy atom. The van der Waals surface area contributed by atoms with E-state index in [1.54, 1.807) is 12.4 Å². The van der Waals surface area contributed by atoms with Gasteiger partial charge in [0.2, 0.25) is 0 Å². The Bertz CT molecular complexity index is 1010. The van der Waals surface area contributed by atoms with E-state index in [1.807, 2.05) is 12.1 Å². The van der Waals surface area contributed by atoms with Crippen LogP contribution in [0.1, 0.15) is 83.5 Å². The Hall–Kier alpha value is -2.35. The number of thioether (sulfide) groups is 1. The van der Waals surface area contributed by atoms with Gasteiger partial charge in [0.25, 0.3) is 0 Å². The highest BCUT2D eigenvalue weighted by Crippen LogP contribution is 2.48. The normalized spacial score (nSPS) is 24.5. The summed E-state index contributed by atoms with van der Waals surface area (Å²) in [5.74, 6) is 1.44. The van der Waals surface area contributed by atoms with Gasteiger partial charge < -0.3 is 14.8 Å². The van der Waals surface area contributed by atoms with Gasteiger partial charge in [0.1, 0.15) is 16.3 Å². The van der Waals surface area contributed by atoms with Gasteiger partial charge in [-0.15, -0.1) is 10.2 Å². The smallest absolute Gasteiger partial charge is 0.349 e. The lowest BCUT2D eigenvalue weighted by Gasteiger charge is -2.41. The van der Waals surface area contributed by atoms with E-state index in [-0.39, 0.29) is 10.7 Å². The molecule has 7 nitrogen and oxygen atoms in total. The fourth-order valence-electron chi connectivity index (χ4n) is 6.07. The summed E-state index contributed by atoms with van der Waals surface area (Å²) in [6, 6.07) is 3.67. The molecule has 0 saturated heterocycles. The second-order valence-electron chi connectivity index (χ2n) is 10.1. The number of carbonyl (C=O) groups is 1. The topological polar surface area (TPSA) is 101 Å². The van der Waals surface area contributed by atoms with Crippen molar-refractivity contribution in [2.75, 3.05) is 0 Å². The van der Waals surface area contributed by atoms with Crippen molar-refractivity contribution in [1.82, 2.24) is 20.2 Å². The van der Waals surface area contributed by atoms with Crippen LogP contribution in [-0.4, -0.2) is 36.8 Å². The van der Waals surface area contributed by atoms with Crippen LogP contribution in [0.4, 0.5) is 0 Å². The highest BCUT2D eigenvalue weighted by atomic mass is 32.2. The average molecular weight is 483 g/mol. The third-order valence-corrected chi connectivity index (χ3v) is 8.85. The highest BCUT2D eigenvalue weighted by Gasteiger charge is 2.48. The lowest BCUT2D eigenvalue weighted by atomic mass is 9.76. The Kier molecular flexibility index (Phi) is 7.23. The number of H-pyrrole nitrogens is 1. The quantitative estimate of drug-likeness (QED) is 0.422. The minimum absolute atomic E-state index is 0.132. The van der Waals surface area contributed by atoms with Crippen molar-refractivity contribution in [3.8, 4) is 11.4 Å². The van der Waals surface area contributed by atoms with Crippen LogP contribution in [0.15, 0.2) is 40.3 Å². The summed E-state index contributed by atoms with van der Waals surface area (Å²) >= 11 is 1.10. The van der Waals surface area contributed by atoms with Gasteiger partial charge in [-0.25, -0.2) is 4.79 Å². The minimum Gasteiger partial charge on any atom is -0.511 e. The second-order valence-corrected chi connectivity index (χ2v) is 11.1. The van der Waals surface area contributed by atoms with Gasteiger partial charge in [-0.1, -0.05) is 51.4 Å². The number of aromatic nitrogens is 4. The van der Waals surface area contributed by atoms with Gasteiger partial charge >= 0.3 is 5.97 Å². The Morgan fingerprint density at radius 3 is 2.53 bits per heavy atom. The first-order valence-corrected chi connectivity index (χ1v) is 13.6. The van der Waals surface area contributed by atoms with Gasteiger partial charge in [0.05, 0.1) is 0 Å². The molecule has 0 radical (unpaired) electrons. The molecule has 1 unspecified atom stereocenters. The molecule has 182 valence electrons. The van der Waals surface area contributed by atoms with Crippen LogP contribution in [0.5, 0.6) is 0 Å².